The molecule has 0 aliphatic carbocycles. The van der Waals surface area contributed by atoms with E-state index in [1.807, 2.05) is 17.0 Å². The van der Waals surface area contributed by atoms with Crippen molar-refractivity contribution in [2.24, 2.45) is 10.7 Å². The van der Waals surface area contributed by atoms with Gasteiger partial charge >= 0.3 is 0 Å². The second kappa shape index (κ2) is 5.98. The van der Waals surface area contributed by atoms with E-state index in [0.29, 0.717) is 33.5 Å². The van der Waals surface area contributed by atoms with Crippen molar-refractivity contribution in [1.82, 2.24) is 0 Å². The smallest absolute Gasteiger partial charge is 0.184 e. The molecule has 3 rings (SSSR count). The number of hydrogen-bond acceptors (Lipinski definition) is 6. The zero-order valence-electron chi connectivity index (χ0n) is 12.8. The highest BCUT2D eigenvalue weighted by atomic mass is 35.5. The third-order valence-electron chi connectivity index (χ3n) is 3.77. The minimum atomic E-state index is -0.497. The zero-order chi connectivity index (χ0) is 16.6. The van der Waals surface area contributed by atoms with Crippen molar-refractivity contribution in [2.45, 2.75) is 6.17 Å². The van der Waals surface area contributed by atoms with Crippen molar-refractivity contribution >= 4 is 35.0 Å². The monoisotopic (exact) mass is 332 g/mol. The molecule has 4 N–H and O–H groups in total. The van der Waals surface area contributed by atoms with Gasteiger partial charge < -0.3 is 25.8 Å². The fourth-order valence-electron chi connectivity index (χ4n) is 2.62. The Hall–Kier alpha value is -2.44. The molecule has 0 aromatic heterocycles. The summed E-state index contributed by atoms with van der Waals surface area (Å²) in [6.45, 7) is 0. The summed E-state index contributed by atoms with van der Waals surface area (Å²) in [5.74, 6) is 0.975. The quantitative estimate of drug-likeness (QED) is 0.843. The van der Waals surface area contributed by atoms with E-state index in [2.05, 4.69) is 4.99 Å². The Morgan fingerprint density at radius 3 is 2.48 bits per heavy atom. The lowest BCUT2D eigenvalue weighted by atomic mass is 10.0. The Morgan fingerprint density at radius 2 is 1.87 bits per heavy atom. The predicted molar refractivity (Wildman–Crippen MR) is 93.0 cm³/mol. The second-order valence-electron chi connectivity index (χ2n) is 5.03. The van der Waals surface area contributed by atoms with Crippen LogP contribution in [0.2, 0.25) is 5.02 Å². The van der Waals surface area contributed by atoms with Crippen LogP contribution in [0.3, 0.4) is 0 Å². The van der Waals surface area contributed by atoms with Gasteiger partial charge in [0.25, 0.3) is 0 Å². The van der Waals surface area contributed by atoms with Gasteiger partial charge in [-0.1, -0.05) is 11.6 Å². The number of methoxy groups -OCH3 is 2. The largest absolute Gasteiger partial charge is 0.493 e. The number of hydrogen-bond donors (Lipinski definition) is 2. The molecular weight excluding hydrogens is 316 g/mol. The highest BCUT2D eigenvalue weighted by Crippen LogP contribution is 2.46. The van der Waals surface area contributed by atoms with E-state index in [1.165, 1.54) is 7.11 Å². The predicted octanol–water partition coefficient (Wildman–Crippen LogP) is 3.08. The Balaban J connectivity index is 2.09. The second-order valence-corrected chi connectivity index (χ2v) is 5.47. The number of halogens is 1. The van der Waals surface area contributed by atoms with Gasteiger partial charge in [-0.25, -0.2) is 4.99 Å². The van der Waals surface area contributed by atoms with Gasteiger partial charge in [0.05, 0.1) is 31.9 Å². The Kier molecular flexibility index (Phi) is 4.02. The minimum Gasteiger partial charge on any atom is -0.493 e. The first kappa shape index (κ1) is 15.5. The number of ether oxygens (including phenoxy) is 2. The van der Waals surface area contributed by atoms with E-state index in [1.54, 1.807) is 31.6 Å². The van der Waals surface area contributed by atoms with Crippen LogP contribution in [0.5, 0.6) is 11.5 Å². The maximum Gasteiger partial charge on any atom is 0.184 e. The third-order valence-corrected chi connectivity index (χ3v) is 4.02. The van der Waals surface area contributed by atoms with Crippen LogP contribution < -0.4 is 25.8 Å². The Labute approximate surface area is 139 Å². The van der Waals surface area contributed by atoms with E-state index >= 15 is 0 Å². The number of anilines is 2. The van der Waals surface area contributed by atoms with Crippen LogP contribution in [0.4, 0.5) is 17.1 Å². The fourth-order valence-corrected chi connectivity index (χ4v) is 2.74. The van der Waals surface area contributed by atoms with E-state index < -0.39 is 6.17 Å². The molecule has 2 aromatic carbocycles. The van der Waals surface area contributed by atoms with Crippen LogP contribution in [0, 0.1) is 0 Å². The van der Waals surface area contributed by atoms with Crippen molar-refractivity contribution in [1.29, 1.82) is 0 Å². The number of nitrogens with zero attached hydrogens (tertiary/aromatic N) is 2. The molecule has 1 atom stereocenters. The average Bonchev–Trinajstić information content (AvgIpc) is 2.55. The summed E-state index contributed by atoms with van der Waals surface area (Å²) in [4.78, 5) is 6.26. The van der Waals surface area contributed by atoms with Gasteiger partial charge in [-0.2, -0.15) is 0 Å². The maximum absolute atomic E-state index is 6.40. The van der Waals surface area contributed by atoms with Crippen molar-refractivity contribution in [3.05, 3.63) is 40.9 Å². The molecule has 120 valence electrons. The molecule has 1 heterocycles. The number of nitrogen functional groups attached to an aromatic ring is 1. The van der Waals surface area contributed by atoms with Crippen LogP contribution in [0.1, 0.15) is 11.7 Å². The van der Waals surface area contributed by atoms with Crippen LogP contribution in [-0.4, -0.2) is 20.6 Å². The number of fused-ring (bicyclic) bond motifs is 1. The average molecular weight is 333 g/mol. The molecule has 0 saturated carbocycles. The molecule has 2 aromatic rings. The summed E-state index contributed by atoms with van der Waals surface area (Å²) in [5.41, 5.74) is 15.3. The lowest BCUT2D eigenvalue weighted by Crippen LogP contribution is -2.36. The number of nitrogens with two attached hydrogens (primary N) is 2. The molecule has 0 bridgehead atoms. The molecule has 1 unspecified atom stereocenters. The lowest BCUT2D eigenvalue weighted by molar-refractivity contribution is 0.356. The molecule has 1 aliphatic rings. The number of rotatable bonds is 3. The van der Waals surface area contributed by atoms with Crippen molar-refractivity contribution in [3.8, 4) is 11.5 Å². The number of benzene rings is 2. The maximum atomic E-state index is 6.40. The first-order valence-corrected chi connectivity index (χ1v) is 7.32. The van der Waals surface area contributed by atoms with Gasteiger partial charge in [0.15, 0.2) is 11.5 Å². The lowest BCUT2D eigenvalue weighted by Gasteiger charge is -2.32. The van der Waals surface area contributed by atoms with E-state index in [0.717, 1.165) is 5.69 Å². The van der Waals surface area contributed by atoms with Crippen LogP contribution in [-0.2, 0) is 0 Å². The van der Waals surface area contributed by atoms with Gasteiger partial charge in [0, 0.05) is 22.3 Å². The molecule has 0 fully saturated rings. The molecule has 0 radical (unpaired) electrons. The summed E-state index contributed by atoms with van der Waals surface area (Å²) in [6.07, 6.45) is 1.17. The topological polar surface area (TPSA) is 86.1 Å². The van der Waals surface area contributed by atoms with Crippen LogP contribution in [0.25, 0.3) is 0 Å². The van der Waals surface area contributed by atoms with Gasteiger partial charge in [-0.05, 0) is 24.3 Å². The molecule has 1 aliphatic heterocycles. The molecule has 7 heteroatoms. The SMILES string of the molecule is COc1cc2c(c(N)c1OC)C(N)N(c1ccc(Cl)cc1)C=N2. The van der Waals surface area contributed by atoms with Gasteiger partial charge in [0.2, 0.25) is 0 Å². The first-order chi connectivity index (χ1) is 11.1. The summed E-state index contributed by atoms with van der Waals surface area (Å²) < 4.78 is 10.6. The fraction of sp³-hybridized carbons (Fsp3) is 0.188. The first-order valence-electron chi connectivity index (χ1n) is 6.94. The van der Waals surface area contributed by atoms with Crippen LogP contribution >= 0.6 is 11.6 Å². The van der Waals surface area contributed by atoms with Gasteiger partial charge in [0.1, 0.15) is 6.17 Å². The highest BCUT2D eigenvalue weighted by Gasteiger charge is 2.28. The third kappa shape index (κ3) is 2.56. The van der Waals surface area contributed by atoms with Gasteiger partial charge in [-0.15, -0.1) is 0 Å². The Morgan fingerprint density at radius 1 is 1.17 bits per heavy atom. The van der Waals surface area contributed by atoms with Crippen molar-refractivity contribution in [3.63, 3.8) is 0 Å². The van der Waals surface area contributed by atoms with E-state index in [4.69, 9.17) is 32.5 Å². The molecular formula is C16H17ClN4O2. The number of aliphatic imine (C=N–C) groups is 1. The highest BCUT2D eigenvalue weighted by molar-refractivity contribution is 6.30. The molecule has 0 saturated heterocycles. The minimum absolute atomic E-state index is 0.421. The Bertz CT molecular complexity index is 762. The van der Waals surface area contributed by atoms with E-state index in [9.17, 15) is 0 Å². The molecule has 0 spiro atoms. The van der Waals surface area contributed by atoms with Gasteiger partial charge in [-0.3, -0.25) is 0 Å². The standard InChI is InChI=1S/C16H17ClN4O2/c1-22-12-7-11-13(14(18)15(12)23-2)16(19)21(8-20-11)10-5-3-9(17)4-6-10/h3-8,16H,18-19H2,1-2H3. The normalized spacial score (nSPS) is 16.2. The summed E-state index contributed by atoms with van der Waals surface area (Å²) in [6, 6.07) is 9.10. The van der Waals surface area contributed by atoms with E-state index in [-0.39, 0.29) is 0 Å². The molecule has 23 heavy (non-hydrogen) atoms. The summed E-state index contributed by atoms with van der Waals surface area (Å²) in [7, 11) is 3.09. The summed E-state index contributed by atoms with van der Waals surface area (Å²) >= 11 is 5.93. The zero-order valence-corrected chi connectivity index (χ0v) is 13.5. The molecule has 6 nitrogen and oxygen atoms in total. The molecule has 0 amide bonds. The van der Waals surface area contributed by atoms with Crippen molar-refractivity contribution < 1.29 is 9.47 Å². The summed E-state index contributed by atoms with van der Waals surface area (Å²) in [5, 5.41) is 0.655. The van der Waals surface area contributed by atoms with Crippen molar-refractivity contribution in [2.75, 3.05) is 24.9 Å². The van der Waals surface area contributed by atoms with Crippen LogP contribution in [0.15, 0.2) is 35.3 Å².